The molecule has 59 valence electrons. The first-order valence-electron chi connectivity index (χ1n) is 0. The summed E-state index contributed by atoms with van der Waals surface area (Å²) >= 11 is 0. The summed E-state index contributed by atoms with van der Waals surface area (Å²) in [5, 5.41) is 0. The fourth-order valence-electron chi connectivity index (χ4n) is 0. The van der Waals surface area contributed by atoms with E-state index in [0.29, 0.717) is 0 Å². The molecule has 8 heavy (non-hydrogen) atoms. The van der Waals surface area contributed by atoms with Crippen molar-refractivity contribution in [1.29, 1.82) is 0 Å². The van der Waals surface area contributed by atoms with E-state index >= 15 is 0 Å². The minimum atomic E-state index is 0. The van der Waals surface area contributed by atoms with Crippen LogP contribution in [0.1, 0.15) is 0 Å². The zero-order valence-electron chi connectivity index (χ0n) is 4.15. The van der Waals surface area contributed by atoms with Gasteiger partial charge in [-0.15, -0.1) is 0 Å². The van der Waals surface area contributed by atoms with Gasteiger partial charge in [-0.1, -0.05) is 0 Å². The molecule has 0 fully saturated rings. The molecule has 0 atom stereocenters. The predicted octanol–water partition coefficient (Wildman–Crippen LogP) is -5.87. The van der Waals surface area contributed by atoms with Crippen LogP contribution >= 0.6 is 0 Å². The predicted molar refractivity (Wildman–Crippen MR) is 30.2 cm³/mol. The topological polar surface area (TPSA) is 189 Å². The van der Waals surface area contributed by atoms with Gasteiger partial charge in [-0.2, -0.15) is 0 Å². The third-order valence-electron chi connectivity index (χ3n) is 0. The second-order valence-corrected chi connectivity index (χ2v) is 0. The second-order valence-electron chi connectivity index (χ2n) is 0. The molecule has 0 aromatic heterocycles. The van der Waals surface area contributed by atoms with E-state index in [1.54, 1.807) is 0 Å². The van der Waals surface area contributed by atoms with Gasteiger partial charge >= 0.3 is 27.3 Å². The Kier molecular flexibility index (Phi) is 13400. The zero-order chi connectivity index (χ0) is 0. The Morgan fingerprint density at radius 2 is 0.375 bits per heavy atom. The molecule has 0 aliphatic heterocycles. The fourth-order valence-corrected chi connectivity index (χ4v) is 0. The molecule has 0 aromatic rings. The SMILES string of the molecule is O.O.O.O.O.O.[PbH2].[V]. The summed E-state index contributed by atoms with van der Waals surface area (Å²) in [7, 11) is 0. The minimum Gasteiger partial charge on any atom is 0 e. The first-order valence-corrected chi connectivity index (χ1v) is 0. The summed E-state index contributed by atoms with van der Waals surface area (Å²) in [6.45, 7) is 0. The molecule has 6 nitrogen and oxygen atoms in total. The summed E-state index contributed by atoms with van der Waals surface area (Å²) < 4.78 is 0. The van der Waals surface area contributed by atoms with E-state index in [0.717, 1.165) is 0 Å². The average molecular weight is 368 g/mol. The Hall–Kier alpha value is 1.27. The maximum Gasteiger partial charge on any atom is 0 e. The minimum absolute atomic E-state index is 0. The molecule has 0 spiro atoms. The molecule has 0 rings (SSSR count). The average Bonchev–Trinajstić information content (AvgIpc) is 0. The first-order chi connectivity index (χ1) is 0. The van der Waals surface area contributed by atoms with E-state index in [1.165, 1.54) is 0 Å². The summed E-state index contributed by atoms with van der Waals surface area (Å²) in [6, 6.07) is 0. The molecule has 0 aromatic carbocycles. The van der Waals surface area contributed by atoms with Gasteiger partial charge in [-0.05, 0) is 0 Å². The Labute approximate surface area is 78.5 Å². The van der Waals surface area contributed by atoms with E-state index in [9.17, 15) is 0 Å². The monoisotopic (exact) mass is 369 g/mol. The van der Waals surface area contributed by atoms with Crippen molar-refractivity contribution in [3.8, 4) is 0 Å². The van der Waals surface area contributed by atoms with Crippen LogP contribution < -0.4 is 0 Å². The molecule has 0 aliphatic carbocycles. The molecule has 0 saturated carbocycles. The third kappa shape index (κ3) is 178. The summed E-state index contributed by atoms with van der Waals surface area (Å²) in [6.07, 6.45) is 0. The van der Waals surface area contributed by atoms with Crippen molar-refractivity contribution < 1.29 is 51.4 Å². The molecule has 0 saturated heterocycles. The zero-order valence-corrected chi connectivity index (χ0v) is 11.0. The van der Waals surface area contributed by atoms with Crippen molar-refractivity contribution in [2.45, 2.75) is 0 Å². The summed E-state index contributed by atoms with van der Waals surface area (Å²) in [5.74, 6) is 0. The maximum absolute atomic E-state index is 0. The molecule has 0 amide bonds. The van der Waals surface area contributed by atoms with Crippen LogP contribution in [0.3, 0.4) is 0 Å². The molecule has 0 bridgehead atoms. The molecule has 8 heteroatoms. The van der Waals surface area contributed by atoms with E-state index in [1.807, 2.05) is 0 Å². The van der Waals surface area contributed by atoms with Crippen LogP contribution in [0.4, 0.5) is 0 Å². The molecule has 0 aliphatic rings. The van der Waals surface area contributed by atoms with Crippen LogP contribution in [-0.2, 0) is 18.6 Å². The standard InChI is InChI=1S/6H2O.Pb.V.2H/h6*1H2;;;;. The molecule has 3 radical (unpaired) electrons. The normalized spacial score (nSPS) is 0. The van der Waals surface area contributed by atoms with Crippen molar-refractivity contribution in [1.82, 2.24) is 0 Å². The van der Waals surface area contributed by atoms with Crippen molar-refractivity contribution in [3.05, 3.63) is 0 Å². The first kappa shape index (κ1) is 395. The van der Waals surface area contributed by atoms with Gasteiger partial charge in [-0.25, -0.2) is 0 Å². The van der Waals surface area contributed by atoms with Gasteiger partial charge in [-0.3, -0.25) is 0 Å². The van der Waals surface area contributed by atoms with Gasteiger partial charge in [0, 0.05) is 18.6 Å². The number of hydrogen-bond acceptors (Lipinski definition) is 0. The molecule has 0 heterocycles. The van der Waals surface area contributed by atoms with Gasteiger partial charge in [0.2, 0.25) is 0 Å². The molecular formula is H14O6PbV. The van der Waals surface area contributed by atoms with Crippen molar-refractivity contribution in [3.63, 3.8) is 0 Å². The molecule has 12 N–H and O–H groups in total. The van der Waals surface area contributed by atoms with E-state index in [2.05, 4.69) is 0 Å². The van der Waals surface area contributed by atoms with Crippen molar-refractivity contribution in [2.24, 2.45) is 0 Å². The van der Waals surface area contributed by atoms with Gasteiger partial charge in [0.05, 0.1) is 0 Å². The van der Waals surface area contributed by atoms with E-state index in [4.69, 9.17) is 0 Å². The van der Waals surface area contributed by atoms with Crippen LogP contribution in [0.2, 0.25) is 0 Å². The van der Waals surface area contributed by atoms with Gasteiger partial charge in [0.1, 0.15) is 0 Å². The Bertz CT molecular complexity index is 8.49. The Morgan fingerprint density at radius 1 is 0.375 bits per heavy atom. The van der Waals surface area contributed by atoms with Crippen molar-refractivity contribution in [2.75, 3.05) is 0 Å². The number of hydrogen-bond donors (Lipinski definition) is 0. The van der Waals surface area contributed by atoms with Crippen LogP contribution in [0.15, 0.2) is 0 Å². The van der Waals surface area contributed by atoms with Crippen LogP contribution in [-0.4, -0.2) is 60.2 Å². The third-order valence-corrected chi connectivity index (χ3v) is 0. The second kappa shape index (κ2) is 272. The van der Waals surface area contributed by atoms with E-state index < -0.39 is 0 Å². The Morgan fingerprint density at radius 3 is 0.375 bits per heavy atom. The molecular weight excluding hydrogens is 354 g/mol. The maximum atomic E-state index is 0. The number of rotatable bonds is 0. The fraction of sp³-hybridized carbons (Fsp3) is 0. The van der Waals surface area contributed by atoms with Gasteiger partial charge in [0.15, 0.2) is 0 Å². The largest absolute Gasteiger partial charge is 0 e. The molecule has 0 unspecified atom stereocenters. The smallest absolute Gasteiger partial charge is 0 e. The van der Waals surface area contributed by atoms with Crippen LogP contribution in [0.5, 0.6) is 0 Å². The van der Waals surface area contributed by atoms with E-state index in [-0.39, 0.29) is 78.7 Å². The van der Waals surface area contributed by atoms with Gasteiger partial charge < -0.3 is 32.9 Å². The quantitative estimate of drug-likeness (QED) is 0.368. The van der Waals surface area contributed by atoms with Crippen molar-refractivity contribution >= 4 is 27.3 Å². The summed E-state index contributed by atoms with van der Waals surface area (Å²) in [5.41, 5.74) is 0. The van der Waals surface area contributed by atoms with Crippen LogP contribution in [0, 0.1) is 0 Å². The summed E-state index contributed by atoms with van der Waals surface area (Å²) in [4.78, 5) is 0. The Balaban J connectivity index is 0. The van der Waals surface area contributed by atoms with Crippen LogP contribution in [0.25, 0.3) is 0 Å². The van der Waals surface area contributed by atoms with Gasteiger partial charge in [0.25, 0.3) is 0 Å².